The number of ether oxygens (including phenoxy) is 1. The van der Waals surface area contributed by atoms with Crippen molar-refractivity contribution in [1.82, 2.24) is 35.9 Å². The number of carbonyl (C=O) groups excluding carboxylic acids is 2. The highest BCUT2D eigenvalue weighted by Gasteiger charge is 2.43. The predicted octanol–water partition coefficient (Wildman–Crippen LogP) is 6.59. The Morgan fingerprint density at radius 3 is 2.66 bits per heavy atom. The lowest BCUT2D eigenvalue weighted by molar-refractivity contribution is -0.141. The second-order valence-corrected chi connectivity index (χ2v) is 17.5. The highest BCUT2D eigenvalue weighted by Crippen LogP contribution is 2.38. The van der Waals surface area contributed by atoms with E-state index in [4.69, 9.17) is 9.26 Å². The average Bonchev–Trinajstić information content (AvgIpc) is 4.03. The standard InChI is InChI=1S/C43H47N7O6S2/c1-23(2)39(43(54)50-21-29(51)18-34(50)41(53)46-24(3)26-9-11-27(12-10-26)40-25(4)45-22-57-40)36-20-38(49-56-36)55-16-15-44-28-13-14-37-31(17-28)32-19-33(47-48-42(32)58-37)30-7-5-6-8-35(30)52/h5-12,19-20,22-24,28-29,34,39,44,51-52H,13-18,21H2,1-4H3,(H,46,53)/t24-,28-,29+,34-,39+/m0/s1. The van der Waals surface area contributed by atoms with Crippen molar-refractivity contribution in [2.24, 2.45) is 5.92 Å². The summed E-state index contributed by atoms with van der Waals surface area (Å²) in [6.07, 6.45) is 2.09. The third kappa shape index (κ3) is 8.21. The van der Waals surface area contributed by atoms with E-state index in [1.807, 2.05) is 75.7 Å². The molecule has 0 radical (unpaired) electrons. The van der Waals surface area contributed by atoms with Gasteiger partial charge in [0, 0.05) is 47.4 Å². The molecule has 8 rings (SSSR count). The molecule has 1 fully saturated rings. The molecule has 13 nitrogen and oxygen atoms in total. The number of aromatic nitrogens is 4. The van der Waals surface area contributed by atoms with Crippen LogP contribution in [0.4, 0.5) is 0 Å². The second-order valence-electron chi connectivity index (χ2n) is 15.5. The zero-order chi connectivity index (χ0) is 40.5. The molecule has 5 heterocycles. The molecule has 5 atom stereocenters. The third-order valence-corrected chi connectivity index (χ3v) is 13.3. The molecule has 4 aromatic heterocycles. The molecule has 0 bridgehead atoms. The number of para-hydroxylation sites is 1. The Bertz CT molecular complexity index is 2410. The maximum atomic E-state index is 14.2. The maximum Gasteiger partial charge on any atom is 0.254 e. The van der Waals surface area contributed by atoms with E-state index in [1.54, 1.807) is 40.9 Å². The maximum absolute atomic E-state index is 14.2. The van der Waals surface area contributed by atoms with E-state index in [9.17, 15) is 19.8 Å². The molecule has 1 aliphatic heterocycles. The van der Waals surface area contributed by atoms with Crippen molar-refractivity contribution in [2.45, 2.75) is 83.5 Å². The largest absolute Gasteiger partial charge is 0.507 e. The van der Waals surface area contributed by atoms with Crippen molar-refractivity contribution < 1.29 is 29.1 Å². The highest BCUT2D eigenvalue weighted by atomic mass is 32.1. The molecule has 4 N–H and O–H groups in total. The number of hydrogen-bond acceptors (Lipinski definition) is 13. The number of aliphatic hydroxyl groups excluding tert-OH is 1. The first-order valence-corrected chi connectivity index (χ1v) is 21.4. The minimum absolute atomic E-state index is 0.0512. The fourth-order valence-corrected chi connectivity index (χ4v) is 10.1. The van der Waals surface area contributed by atoms with Crippen LogP contribution in [0.3, 0.4) is 0 Å². The number of β-amino-alcohol motifs (C(OH)–C–C–N with tert-alkyl or cyclic N) is 1. The van der Waals surface area contributed by atoms with E-state index in [0.29, 0.717) is 30.2 Å². The number of fused-ring (bicyclic) bond motifs is 3. The minimum Gasteiger partial charge on any atom is -0.507 e. The number of nitrogens with one attached hydrogen (secondary N) is 2. The summed E-state index contributed by atoms with van der Waals surface area (Å²) in [5.41, 5.74) is 7.39. The summed E-state index contributed by atoms with van der Waals surface area (Å²) in [5.74, 6) is -0.715. The van der Waals surface area contributed by atoms with Crippen molar-refractivity contribution in [3.8, 4) is 33.3 Å². The van der Waals surface area contributed by atoms with Crippen LogP contribution in [0.15, 0.2) is 70.7 Å². The van der Waals surface area contributed by atoms with Gasteiger partial charge in [-0.2, -0.15) is 0 Å². The summed E-state index contributed by atoms with van der Waals surface area (Å²) in [7, 11) is 0. The summed E-state index contributed by atoms with van der Waals surface area (Å²) >= 11 is 3.28. The van der Waals surface area contributed by atoms with Crippen molar-refractivity contribution in [3.05, 3.63) is 93.6 Å². The lowest BCUT2D eigenvalue weighted by Crippen LogP contribution is -2.48. The molecule has 15 heteroatoms. The Kier molecular flexibility index (Phi) is 11.6. The van der Waals surface area contributed by atoms with Gasteiger partial charge < -0.3 is 35.0 Å². The van der Waals surface area contributed by atoms with Gasteiger partial charge in [-0.05, 0) is 79.1 Å². The van der Waals surface area contributed by atoms with Crippen molar-refractivity contribution in [1.29, 1.82) is 0 Å². The number of amides is 2. The highest BCUT2D eigenvalue weighted by molar-refractivity contribution is 7.18. The van der Waals surface area contributed by atoms with Crippen LogP contribution in [0.25, 0.3) is 31.9 Å². The van der Waals surface area contributed by atoms with Gasteiger partial charge >= 0.3 is 0 Å². The van der Waals surface area contributed by atoms with Gasteiger partial charge in [-0.1, -0.05) is 50.2 Å². The summed E-state index contributed by atoms with van der Waals surface area (Å²) in [6, 6.07) is 18.0. The Labute approximate surface area is 344 Å². The first kappa shape index (κ1) is 39.6. The first-order valence-electron chi connectivity index (χ1n) is 19.7. The molecule has 58 heavy (non-hydrogen) atoms. The van der Waals surface area contributed by atoms with Gasteiger partial charge in [0.1, 0.15) is 29.1 Å². The summed E-state index contributed by atoms with van der Waals surface area (Å²) in [4.78, 5) is 37.0. The van der Waals surface area contributed by atoms with Gasteiger partial charge in [0.15, 0.2) is 5.76 Å². The van der Waals surface area contributed by atoms with E-state index < -0.39 is 18.1 Å². The van der Waals surface area contributed by atoms with Crippen LogP contribution < -0.4 is 15.4 Å². The number of rotatable bonds is 13. The summed E-state index contributed by atoms with van der Waals surface area (Å²) < 4.78 is 11.7. The number of thiazole rings is 1. The number of aliphatic hydroxyl groups is 1. The molecule has 0 saturated carbocycles. The molecular weight excluding hydrogens is 775 g/mol. The number of aromatic hydroxyl groups is 1. The van der Waals surface area contributed by atoms with E-state index in [2.05, 4.69) is 31.0 Å². The van der Waals surface area contributed by atoms with E-state index in [-0.39, 0.29) is 54.4 Å². The summed E-state index contributed by atoms with van der Waals surface area (Å²) in [6.45, 7) is 8.70. The number of likely N-dealkylation sites (tertiary alicyclic amines) is 1. The Morgan fingerprint density at radius 2 is 1.90 bits per heavy atom. The number of benzene rings is 2. The Balaban J connectivity index is 0.858. The zero-order valence-electron chi connectivity index (χ0n) is 32.8. The third-order valence-electron chi connectivity index (χ3n) is 11.2. The number of nitrogens with zero attached hydrogens (tertiary/aromatic N) is 5. The van der Waals surface area contributed by atoms with Crippen LogP contribution in [0, 0.1) is 12.8 Å². The number of aryl methyl sites for hydroxylation is 2. The predicted molar refractivity (Wildman–Crippen MR) is 223 cm³/mol. The van der Waals surface area contributed by atoms with Crippen LogP contribution in [0.1, 0.15) is 73.0 Å². The van der Waals surface area contributed by atoms with E-state index >= 15 is 0 Å². The van der Waals surface area contributed by atoms with Crippen LogP contribution in [0.2, 0.25) is 0 Å². The molecule has 2 amide bonds. The molecule has 0 unspecified atom stereocenters. The fraction of sp³-hybridized carbons (Fsp3) is 0.395. The first-order chi connectivity index (χ1) is 28.0. The van der Waals surface area contributed by atoms with Gasteiger partial charge in [-0.25, -0.2) is 4.98 Å². The smallest absolute Gasteiger partial charge is 0.254 e. The van der Waals surface area contributed by atoms with Gasteiger partial charge in [-0.15, -0.1) is 32.9 Å². The molecule has 2 aromatic carbocycles. The van der Waals surface area contributed by atoms with Gasteiger partial charge in [0.2, 0.25) is 11.8 Å². The van der Waals surface area contributed by atoms with Crippen LogP contribution in [-0.2, 0) is 22.4 Å². The molecule has 1 saturated heterocycles. The molecule has 302 valence electrons. The fourth-order valence-electron chi connectivity index (χ4n) is 8.10. The van der Waals surface area contributed by atoms with Gasteiger partial charge in [-0.3, -0.25) is 9.59 Å². The van der Waals surface area contributed by atoms with Crippen molar-refractivity contribution in [3.63, 3.8) is 0 Å². The molecule has 0 spiro atoms. The SMILES string of the molecule is Cc1ncsc1-c1ccc([C@H](C)NC(=O)[C@@H]2C[C@@H](O)CN2C(=O)[C@@H](c2cc(OCCN[C@H]3CCc4sc5nnc(-c6ccccc6O)cc5c4C3)no2)C(C)C)cc1. The monoisotopic (exact) mass is 821 g/mol. The number of phenolic OH excluding ortho intramolecular Hbond substituents is 1. The van der Waals surface area contributed by atoms with E-state index in [0.717, 1.165) is 51.2 Å². The van der Waals surface area contributed by atoms with E-state index in [1.165, 1.54) is 15.3 Å². The normalized spacial score (nSPS) is 19.0. The lowest BCUT2D eigenvalue weighted by atomic mass is 9.91. The van der Waals surface area contributed by atoms with Gasteiger partial charge in [0.25, 0.3) is 5.88 Å². The molecular formula is C43H47N7O6S2. The lowest BCUT2D eigenvalue weighted by Gasteiger charge is -2.29. The number of phenols is 1. The molecule has 2 aliphatic rings. The quantitative estimate of drug-likeness (QED) is 0.0926. The van der Waals surface area contributed by atoms with Crippen LogP contribution >= 0.6 is 22.7 Å². The number of thiophene rings is 1. The minimum atomic E-state index is -0.829. The molecule has 6 aromatic rings. The number of carbonyl (C=O) groups is 2. The second kappa shape index (κ2) is 16.9. The van der Waals surface area contributed by atoms with Gasteiger partial charge in [0.05, 0.1) is 33.9 Å². The van der Waals surface area contributed by atoms with Crippen LogP contribution in [-0.4, -0.2) is 85.1 Å². The average molecular weight is 822 g/mol. The summed E-state index contributed by atoms with van der Waals surface area (Å²) in [5, 5.41) is 41.8. The topological polar surface area (TPSA) is 176 Å². The van der Waals surface area contributed by atoms with Crippen LogP contribution in [0.5, 0.6) is 11.6 Å². The molecule has 1 aliphatic carbocycles. The van der Waals surface area contributed by atoms with Crippen molar-refractivity contribution >= 4 is 44.7 Å². The number of hydrogen-bond donors (Lipinski definition) is 4. The Hall–Kier alpha value is -5.22. The Morgan fingerprint density at radius 1 is 1.09 bits per heavy atom. The van der Waals surface area contributed by atoms with Crippen molar-refractivity contribution in [2.75, 3.05) is 19.7 Å². The zero-order valence-corrected chi connectivity index (χ0v) is 34.5.